The third kappa shape index (κ3) is 5.96. The summed E-state index contributed by atoms with van der Waals surface area (Å²) in [6, 6.07) is 4.60. The monoisotopic (exact) mass is 692 g/mol. The second-order valence-corrected chi connectivity index (χ2v) is 15.5. The van der Waals surface area contributed by atoms with Crippen LogP contribution in [0.3, 0.4) is 0 Å². The van der Waals surface area contributed by atoms with E-state index < -0.39 is 0 Å². The number of ether oxygens (including phenoxy) is 6. The quantitative estimate of drug-likeness (QED) is 0.253. The van der Waals surface area contributed by atoms with E-state index in [0.29, 0.717) is 5.92 Å². The minimum Gasteiger partial charge on any atom is -0.496 e. The van der Waals surface area contributed by atoms with Crippen LogP contribution in [0.1, 0.15) is 115 Å². The largest absolute Gasteiger partial charge is 0.496 e. The first-order valence-corrected chi connectivity index (χ1v) is 18.9. The Morgan fingerprint density at radius 2 is 1.46 bits per heavy atom. The van der Waals surface area contributed by atoms with Crippen LogP contribution < -0.4 is 18.9 Å². The summed E-state index contributed by atoms with van der Waals surface area (Å²) in [6.07, 6.45) is 3.21. The van der Waals surface area contributed by atoms with Crippen LogP contribution in [0.25, 0.3) is 22.1 Å². The number of fused-ring (bicyclic) bond motifs is 7. The normalized spacial score (nSPS) is 20.0. The molecular formula is C40H52O6S2. The smallest absolute Gasteiger partial charge is 0.174 e. The second kappa shape index (κ2) is 14.9. The van der Waals surface area contributed by atoms with Crippen molar-refractivity contribution in [2.24, 2.45) is 0 Å². The first-order valence-electron chi connectivity index (χ1n) is 16.8. The molecule has 0 fully saturated rings. The van der Waals surface area contributed by atoms with Crippen LogP contribution in [0, 0.1) is 13.8 Å². The molecule has 0 amide bonds. The van der Waals surface area contributed by atoms with Gasteiger partial charge in [0.15, 0.2) is 22.4 Å². The van der Waals surface area contributed by atoms with Crippen molar-refractivity contribution in [2.75, 3.05) is 47.1 Å². The summed E-state index contributed by atoms with van der Waals surface area (Å²) in [7, 11) is 8.52. The van der Waals surface area contributed by atoms with Crippen molar-refractivity contribution in [3.05, 3.63) is 68.3 Å². The van der Waals surface area contributed by atoms with Crippen LogP contribution in [0.2, 0.25) is 0 Å². The van der Waals surface area contributed by atoms with E-state index in [0.717, 1.165) is 85.6 Å². The van der Waals surface area contributed by atoms with Gasteiger partial charge in [0.2, 0.25) is 0 Å². The summed E-state index contributed by atoms with van der Waals surface area (Å²) in [5.74, 6) is 6.79. The standard InChI is InChI=1S/C38H46O5S2.C2H6O/c1-12-20(6)27-28-21(7)16-24-23(18(2)3)17-25(39-9)31-30(24)34(28)43-37(31)44-14-13-15-45-38-32-29(33(27)42-38)22(8)26(19(4)5)35(40-10)36(32)41-11;1-3-2/h12,16-19,37-38H,13-15H2,1-11H3;1-2H3/b20-12-,33-27-;. The molecule has 2 atom stereocenters. The molecule has 48 heavy (non-hydrogen) atoms. The fourth-order valence-electron chi connectivity index (χ4n) is 7.38. The molecule has 0 spiro atoms. The van der Waals surface area contributed by atoms with E-state index >= 15 is 0 Å². The zero-order valence-electron chi connectivity index (χ0n) is 30.9. The molecule has 3 aliphatic rings. The lowest BCUT2D eigenvalue weighted by Gasteiger charge is -2.23. The van der Waals surface area contributed by atoms with E-state index in [1.807, 2.05) is 23.5 Å². The molecular weight excluding hydrogens is 641 g/mol. The Kier molecular flexibility index (Phi) is 11.3. The highest BCUT2D eigenvalue weighted by Gasteiger charge is 2.42. The fourth-order valence-corrected chi connectivity index (χ4v) is 9.73. The Bertz CT molecular complexity index is 1770. The van der Waals surface area contributed by atoms with Crippen LogP contribution in [0.5, 0.6) is 23.0 Å². The molecule has 3 aromatic rings. The Labute approximate surface area is 295 Å². The van der Waals surface area contributed by atoms with E-state index in [-0.39, 0.29) is 16.8 Å². The molecule has 3 aromatic carbocycles. The van der Waals surface area contributed by atoms with E-state index in [4.69, 9.17) is 23.7 Å². The molecule has 0 radical (unpaired) electrons. The summed E-state index contributed by atoms with van der Waals surface area (Å²) in [5, 5.41) is 2.42. The molecule has 8 heteroatoms. The van der Waals surface area contributed by atoms with Gasteiger partial charge in [-0.1, -0.05) is 39.8 Å². The molecule has 3 aliphatic heterocycles. The molecule has 6 nitrogen and oxygen atoms in total. The summed E-state index contributed by atoms with van der Waals surface area (Å²) in [4.78, 5) is 0. The number of rotatable bonds is 6. The number of aryl methyl sites for hydroxylation is 1. The third-order valence-corrected chi connectivity index (χ3v) is 11.8. The molecule has 4 bridgehead atoms. The van der Waals surface area contributed by atoms with Crippen molar-refractivity contribution in [3.63, 3.8) is 0 Å². The number of hydrogen-bond donors (Lipinski definition) is 0. The van der Waals surface area contributed by atoms with Gasteiger partial charge in [-0.25, -0.2) is 0 Å². The Balaban J connectivity index is 0.00000145. The molecule has 0 aromatic heterocycles. The number of benzene rings is 3. The van der Waals surface area contributed by atoms with Crippen molar-refractivity contribution in [3.8, 4) is 23.0 Å². The van der Waals surface area contributed by atoms with E-state index in [1.165, 1.54) is 27.5 Å². The lowest BCUT2D eigenvalue weighted by Crippen LogP contribution is -2.07. The van der Waals surface area contributed by atoms with Crippen LogP contribution in [0.15, 0.2) is 23.8 Å². The first kappa shape index (κ1) is 36.3. The fraction of sp³-hybridized carbons (Fsp3) is 0.500. The van der Waals surface area contributed by atoms with Crippen molar-refractivity contribution in [1.29, 1.82) is 0 Å². The maximum atomic E-state index is 7.16. The second-order valence-electron chi connectivity index (χ2n) is 13.2. The average Bonchev–Trinajstić information content (AvgIpc) is 3.62. The summed E-state index contributed by atoms with van der Waals surface area (Å²) < 4.78 is 36.8. The molecule has 2 unspecified atom stereocenters. The van der Waals surface area contributed by atoms with Crippen LogP contribution >= 0.6 is 23.5 Å². The van der Waals surface area contributed by atoms with Gasteiger partial charge >= 0.3 is 0 Å². The number of thioether (sulfide) groups is 2. The lowest BCUT2D eigenvalue weighted by molar-refractivity contribution is 0.267. The third-order valence-electron chi connectivity index (χ3n) is 9.46. The Morgan fingerprint density at radius 1 is 0.833 bits per heavy atom. The molecule has 0 N–H and O–H groups in total. The van der Waals surface area contributed by atoms with Crippen LogP contribution in [-0.2, 0) is 9.47 Å². The summed E-state index contributed by atoms with van der Waals surface area (Å²) in [5.41, 5.74) is 11.1. The van der Waals surface area contributed by atoms with Crippen LogP contribution in [-0.4, -0.2) is 47.1 Å². The van der Waals surface area contributed by atoms with E-state index in [2.05, 4.69) is 78.3 Å². The minimum atomic E-state index is -0.212. The highest BCUT2D eigenvalue weighted by molar-refractivity contribution is 8.00. The highest BCUT2D eigenvalue weighted by Crippen LogP contribution is 2.61. The number of methoxy groups -OCH3 is 4. The zero-order chi connectivity index (χ0) is 35.0. The van der Waals surface area contributed by atoms with E-state index in [9.17, 15) is 0 Å². The van der Waals surface area contributed by atoms with Gasteiger partial charge in [0.25, 0.3) is 0 Å². The molecule has 6 rings (SSSR count). The van der Waals surface area contributed by atoms with Gasteiger partial charge in [0.05, 0.1) is 32.5 Å². The van der Waals surface area contributed by atoms with Gasteiger partial charge in [-0.2, -0.15) is 0 Å². The summed E-state index contributed by atoms with van der Waals surface area (Å²) in [6.45, 7) is 17.7. The Hall–Kier alpha value is -2.94. The predicted octanol–water partition coefficient (Wildman–Crippen LogP) is 11.1. The van der Waals surface area contributed by atoms with Gasteiger partial charge in [0, 0.05) is 41.9 Å². The van der Waals surface area contributed by atoms with Crippen molar-refractivity contribution in [2.45, 2.75) is 84.5 Å². The molecule has 3 heterocycles. The van der Waals surface area contributed by atoms with Gasteiger partial charge in [-0.15, -0.1) is 23.5 Å². The van der Waals surface area contributed by atoms with Gasteiger partial charge in [-0.05, 0) is 91.2 Å². The van der Waals surface area contributed by atoms with E-state index in [1.54, 1.807) is 35.5 Å². The van der Waals surface area contributed by atoms with Gasteiger partial charge in [0.1, 0.15) is 17.3 Å². The molecule has 260 valence electrons. The molecule has 0 aliphatic carbocycles. The minimum absolute atomic E-state index is 0.133. The lowest BCUT2D eigenvalue weighted by atomic mass is 9.83. The number of hydrogen-bond acceptors (Lipinski definition) is 8. The maximum Gasteiger partial charge on any atom is 0.174 e. The average molecular weight is 693 g/mol. The number of allylic oxidation sites excluding steroid dienone is 3. The van der Waals surface area contributed by atoms with Crippen molar-refractivity contribution >= 4 is 45.6 Å². The van der Waals surface area contributed by atoms with Crippen molar-refractivity contribution in [1.82, 2.24) is 0 Å². The maximum absolute atomic E-state index is 7.16. The first-order chi connectivity index (χ1) is 23.0. The van der Waals surface area contributed by atoms with Crippen molar-refractivity contribution < 1.29 is 28.4 Å². The summed E-state index contributed by atoms with van der Waals surface area (Å²) >= 11 is 3.70. The highest BCUT2D eigenvalue weighted by atomic mass is 32.2. The SMILES string of the molecule is C/C=C(C)\C1=C2\OC(SCCCSC3Oc4c1c(C)cc1c(C(C)C)cc(OC)c3c41)c1c(OC)c(OC)c(C(C)C)c(C)c12.COC. The van der Waals surface area contributed by atoms with Gasteiger partial charge < -0.3 is 28.4 Å². The molecule has 0 saturated carbocycles. The van der Waals surface area contributed by atoms with Gasteiger partial charge in [-0.3, -0.25) is 0 Å². The molecule has 0 saturated heterocycles. The zero-order valence-corrected chi connectivity index (χ0v) is 32.6. The van der Waals surface area contributed by atoms with Crippen LogP contribution in [0.4, 0.5) is 0 Å². The topological polar surface area (TPSA) is 55.4 Å². The Morgan fingerprint density at radius 3 is 2.00 bits per heavy atom. The predicted molar refractivity (Wildman–Crippen MR) is 204 cm³/mol.